The van der Waals surface area contributed by atoms with Crippen molar-refractivity contribution in [2.75, 3.05) is 11.0 Å². The summed E-state index contributed by atoms with van der Waals surface area (Å²) in [6, 6.07) is 19.5. The highest BCUT2D eigenvalue weighted by atomic mass is 32.2. The van der Waals surface area contributed by atoms with E-state index in [2.05, 4.69) is 4.72 Å². The Morgan fingerprint density at radius 1 is 1.00 bits per heavy atom. The molecule has 0 atom stereocenters. The first-order chi connectivity index (χ1) is 13.4. The molecule has 3 aromatic carbocycles. The fraction of sp³-hybridized carbons (Fsp3) is 0.0909. The molecule has 1 aliphatic rings. The van der Waals surface area contributed by atoms with Gasteiger partial charge in [-0.3, -0.25) is 4.72 Å². The molecule has 0 bridgehead atoms. The van der Waals surface area contributed by atoms with Gasteiger partial charge in [-0.1, -0.05) is 36.4 Å². The molecule has 6 heteroatoms. The molecule has 0 aromatic heterocycles. The van der Waals surface area contributed by atoms with Crippen LogP contribution in [-0.2, 0) is 16.6 Å². The zero-order valence-corrected chi connectivity index (χ0v) is 16.0. The minimum Gasteiger partial charge on any atom is -0.488 e. The highest BCUT2D eigenvalue weighted by Gasteiger charge is 2.19. The molecule has 1 heterocycles. The van der Waals surface area contributed by atoms with E-state index in [0.717, 1.165) is 34.1 Å². The molecule has 0 radical (unpaired) electrons. The number of fused-ring (bicyclic) bond motifs is 2. The second-order valence-corrected chi connectivity index (χ2v) is 8.39. The summed E-state index contributed by atoms with van der Waals surface area (Å²) in [5.41, 5.74) is 4.96. The molecule has 142 valence electrons. The number of benzene rings is 3. The van der Waals surface area contributed by atoms with E-state index in [4.69, 9.17) is 4.74 Å². The maximum atomic E-state index is 13.8. The summed E-state index contributed by atoms with van der Waals surface area (Å²) >= 11 is 0. The van der Waals surface area contributed by atoms with E-state index < -0.39 is 10.0 Å². The zero-order chi connectivity index (χ0) is 19.7. The molecule has 3 aromatic rings. The quantitative estimate of drug-likeness (QED) is 0.701. The van der Waals surface area contributed by atoms with E-state index in [9.17, 15) is 12.8 Å². The molecule has 0 saturated heterocycles. The Hall–Kier alpha value is -3.12. The topological polar surface area (TPSA) is 55.4 Å². The lowest BCUT2D eigenvalue weighted by atomic mass is 9.92. The average molecular weight is 395 g/mol. The van der Waals surface area contributed by atoms with Crippen LogP contribution in [0.15, 0.2) is 66.7 Å². The molecule has 1 aliphatic heterocycles. The van der Waals surface area contributed by atoms with Crippen LogP contribution < -0.4 is 9.46 Å². The van der Waals surface area contributed by atoms with Gasteiger partial charge in [0.25, 0.3) is 0 Å². The maximum Gasteiger partial charge on any atom is 0.229 e. The Balaban J connectivity index is 1.88. The van der Waals surface area contributed by atoms with Crippen LogP contribution in [0.25, 0.3) is 11.6 Å². The molecule has 1 N–H and O–H groups in total. The lowest BCUT2D eigenvalue weighted by molar-refractivity contribution is 0.305. The second kappa shape index (κ2) is 7.13. The number of ether oxygens (including phenoxy) is 1. The summed E-state index contributed by atoms with van der Waals surface area (Å²) in [7, 11) is -3.37. The predicted octanol–water partition coefficient (Wildman–Crippen LogP) is 4.68. The first-order valence-corrected chi connectivity index (χ1v) is 10.6. The van der Waals surface area contributed by atoms with Crippen LogP contribution in [0.5, 0.6) is 5.75 Å². The van der Waals surface area contributed by atoms with Crippen LogP contribution in [0.3, 0.4) is 0 Å². The van der Waals surface area contributed by atoms with Crippen LogP contribution >= 0.6 is 0 Å². The predicted molar refractivity (Wildman–Crippen MR) is 109 cm³/mol. The monoisotopic (exact) mass is 395 g/mol. The minimum atomic E-state index is -3.37. The Morgan fingerprint density at radius 2 is 1.82 bits per heavy atom. The van der Waals surface area contributed by atoms with Gasteiger partial charge in [0.05, 0.1) is 6.26 Å². The highest BCUT2D eigenvalue weighted by molar-refractivity contribution is 7.92. The number of sulfonamides is 1. The van der Waals surface area contributed by atoms with Gasteiger partial charge in [0.2, 0.25) is 10.0 Å². The van der Waals surface area contributed by atoms with Gasteiger partial charge in [-0.05, 0) is 52.6 Å². The largest absolute Gasteiger partial charge is 0.488 e. The number of hydrogen-bond acceptors (Lipinski definition) is 3. The van der Waals surface area contributed by atoms with Gasteiger partial charge in [-0.25, -0.2) is 12.8 Å². The molecular weight excluding hydrogens is 377 g/mol. The number of rotatable bonds is 3. The smallest absolute Gasteiger partial charge is 0.229 e. The SMILES string of the molecule is CS(=O)(=O)Nc1cccc(C=C2c3ccccc3COc3cc(F)ccc32)c1. The number of nitrogens with one attached hydrogen (secondary N) is 1. The third kappa shape index (κ3) is 3.92. The molecule has 4 nitrogen and oxygen atoms in total. The van der Waals surface area contributed by atoms with E-state index in [1.54, 1.807) is 24.3 Å². The Morgan fingerprint density at radius 3 is 2.64 bits per heavy atom. The number of anilines is 1. The molecule has 0 spiro atoms. The van der Waals surface area contributed by atoms with Gasteiger partial charge < -0.3 is 4.74 Å². The van der Waals surface area contributed by atoms with Crippen molar-refractivity contribution in [2.45, 2.75) is 6.61 Å². The van der Waals surface area contributed by atoms with Gasteiger partial charge in [0.1, 0.15) is 18.2 Å². The second-order valence-electron chi connectivity index (χ2n) is 6.64. The van der Waals surface area contributed by atoms with Gasteiger partial charge in [-0.15, -0.1) is 0 Å². The normalized spacial score (nSPS) is 14.6. The molecular formula is C22H18FNO3S. The first-order valence-electron chi connectivity index (χ1n) is 8.70. The van der Waals surface area contributed by atoms with E-state index in [1.165, 1.54) is 12.1 Å². The average Bonchev–Trinajstić information content (AvgIpc) is 2.78. The van der Waals surface area contributed by atoms with Crippen molar-refractivity contribution < 1.29 is 17.5 Å². The zero-order valence-electron chi connectivity index (χ0n) is 15.1. The van der Waals surface area contributed by atoms with Crippen LogP contribution in [0.4, 0.5) is 10.1 Å². The fourth-order valence-corrected chi connectivity index (χ4v) is 3.83. The first kappa shape index (κ1) is 18.3. The summed E-state index contributed by atoms with van der Waals surface area (Å²) in [4.78, 5) is 0. The van der Waals surface area contributed by atoms with Gasteiger partial charge >= 0.3 is 0 Å². The van der Waals surface area contributed by atoms with Crippen LogP contribution in [0.1, 0.15) is 22.3 Å². The summed E-state index contributed by atoms with van der Waals surface area (Å²) in [6.45, 7) is 0.347. The van der Waals surface area contributed by atoms with Crippen LogP contribution in [0, 0.1) is 5.82 Å². The highest BCUT2D eigenvalue weighted by Crippen LogP contribution is 2.38. The van der Waals surface area contributed by atoms with Gasteiger partial charge in [-0.2, -0.15) is 0 Å². The third-order valence-electron chi connectivity index (χ3n) is 4.43. The van der Waals surface area contributed by atoms with Crippen molar-refractivity contribution in [3.05, 3.63) is 94.8 Å². The molecule has 0 amide bonds. The molecule has 0 aliphatic carbocycles. The van der Waals surface area contributed by atoms with E-state index >= 15 is 0 Å². The summed E-state index contributed by atoms with van der Waals surface area (Å²) in [5.74, 6) is 0.122. The summed E-state index contributed by atoms with van der Waals surface area (Å²) in [6.07, 6.45) is 3.07. The van der Waals surface area contributed by atoms with Crippen molar-refractivity contribution in [1.82, 2.24) is 0 Å². The minimum absolute atomic E-state index is 0.347. The van der Waals surface area contributed by atoms with Crippen molar-refractivity contribution >= 4 is 27.4 Å². The Bertz CT molecular complexity index is 1190. The fourth-order valence-electron chi connectivity index (χ4n) is 3.28. The van der Waals surface area contributed by atoms with Crippen molar-refractivity contribution in [1.29, 1.82) is 0 Å². The Kier molecular flexibility index (Phi) is 4.65. The standard InChI is InChI=1S/C22H18FNO3S/c1-28(25,26)24-18-7-4-5-15(11-18)12-21-19-8-3-2-6-16(19)14-27-22-13-17(23)9-10-20(21)22/h2-13,24H,14H2,1H3. The van der Waals surface area contributed by atoms with Gasteiger partial charge in [0.15, 0.2) is 0 Å². The summed E-state index contributed by atoms with van der Waals surface area (Å²) < 4.78 is 45.1. The summed E-state index contributed by atoms with van der Waals surface area (Å²) in [5, 5.41) is 0. The molecule has 28 heavy (non-hydrogen) atoms. The number of halogens is 1. The van der Waals surface area contributed by atoms with E-state index in [0.29, 0.717) is 18.0 Å². The third-order valence-corrected chi connectivity index (χ3v) is 5.03. The van der Waals surface area contributed by atoms with Crippen molar-refractivity contribution in [3.63, 3.8) is 0 Å². The molecule has 4 rings (SSSR count). The molecule has 0 fully saturated rings. The van der Waals surface area contributed by atoms with E-state index in [-0.39, 0.29) is 5.82 Å². The maximum absolute atomic E-state index is 13.8. The van der Waals surface area contributed by atoms with Crippen LogP contribution in [-0.4, -0.2) is 14.7 Å². The Labute approximate surface area is 163 Å². The van der Waals surface area contributed by atoms with Crippen LogP contribution in [0.2, 0.25) is 0 Å². The lowest BCUT2D eigenvalue weighted by Crippen LogP contribution is -2.09. The molecule has 0 saturated carbocycles. The lowest BCUT2D eigenvalue weighted by Gasteiger charge is -2.11. The number of hydrogen-bond donors (Lipinski definition) is 1. The van der Waals surface area contributed by atoms with Crippen molar-refractivity contribution in [2.24, 2.45) is 0 Å². The van der Waals surface area contributed by atoms with E-state index in [1.807, 2.05) is 36.4 Å². The van der Waals surface area contributed by atoms with Gasteiger partial charge in [0, 0.05) is 17.3 Å². The molecule has 0 unspecified atom stereocenters. The van der Waals surface area contributed by atoms with Crippen molar-refractivity contribution in [3.8, 4) is 5.75 Å².